The van der Waals surface area contributed by atoms with Crippen molar-refractivity contribution < 1.29 is 14.4 Å². The minimum Gasteiger partial charge on any atom is -0.298 e. The summed E-state index contributed by atoms with van der Waals surface area (Å²) in [5, 5.41) is 0.497. The Hall–Kier alpha value is -3.50. The molecule has 4 atom stereocenters. The smallest absolute Gasteiger partial charge is 0.239 e. The average molecular weight is 510 g/mol. The van der Waals surface area contributed by atoms with Crippen molar-refractivity contribution in [2.45, 2.75) is 33.6 Å². The van der Waals surface area contributed by atoms with Crippen LogP contribution in [-0.2, 0) is 14.4 Å². The normalized spacial score (nSPS) is 28.4. The van der Waals surface area contributed by atoms with Gasteiger partial charge in [-0.05, 0) is 60.2 Å². The van der Waals surface area contributed by atoms with Crippen LogP contribution in [0.25, 0.3) is 11.1 Å². The number of rotatable bonds is 5. The van der Waals surface area contributed by atoms with E-state index in [1.54, 1.807) is 12.1 Å². The Morgan fingerprint density at radius 2 is 1.38 bits per heavy atom. The lowest BCUT2D eigenvalue weighted by Crippen LogP contribution is -2.41. The van der Waals surface area contributed by atoms with Gasteiger partial charge in [-0.2, -0.15) is 0 Å². The number of imide groups is 1. The number of Topliss-reactive ketones (excluding diaryl/α,β-unsaturated/α-hetero) is 1. The van der Waals surface area contributed by atoms with Crippen molar-refractivity contribution in [2.24, 2.45) is 22.7 Å². The molecule has 0 aromatic heterocycles. The minimum atomic E-state index is -1.12. The summed E-state index contributed by atoms with van der Waals surface area (Å²) >= 11 is 6.40. The zero-order valence-electron chi connectivity index (χ0n) is 21.1. The molecule has 2 bridgehead atoms. The second kappa shape index (κ2) is 8.26. The zero-order valence-corrected chi connectivity index (χ0v) is 21.9. The van der Waals surface area contributed by atoms with E-state index in [0.717, 1.165) is 27.8 Å². The van der Waals surface area contributed by atoms with Gasteiger partial charge in [-0.3, -0.25) is 14.4 Å². The van der Waals surface area contributed by atoms with Gasteiger partial charge in [0.05, 0.1) is 28.4 Å². The molecule has 1 aliphatic heterocycles. The van der Waals surface area contributed by atoms with E-state index in [1.807, 2.05) is 87.5 Å². The molecule has 6 rings (SSSR count). The molecule has 3 aromatic carbocycles. The van der Waals surface area contributed by atoms with Crippen LogP contribution in [0.1, 0.15) is 43.4 Å². The van der Waals surface area contributed by atoms with Gasteiger partial charge in [0.2, 0.25) is 11.8 Å². The highest BCUT2D eigenvalue weighted by Crippen LogP contribution is 2.75. The monoisotopic (exact) mass is 509 g/mol. The highest BCUT2D eigenvalue weighted by molar-refractivity contribution is 6.35. The van der Waals surface area contributed by atoms with Crippen LogP contribution in [0.4, 0.5) is 5.69 Å². The van der Waals surface area contributed by atoms with Gasteiger partial charge in [0.15, 0.2) is 5.78 Å². The largest absolute Gasteiger partial charge is 0.298 e. The first kappa shape index (κ1) is 23.9. The molecular weight excluding hydrogens is 482 g/mol. The number of ketones is 1. The van der Waals surface area contributed by atoms with Crippen LogP contribution >= 0.6 is 11.6 Å². The van der Waals surface area contributed by atoms with Gasteiger partial charge in [0, 0.05) is 5.02 Å². The summed E-state index contributed by atoms with van der Waals surface area (Å²) in [7, 11) is 0. The van der Waals surface area contributed by atoms with Gasteiger partial charge >= 0.3 is 0 Å². The van der Waals surface area contributed by atoms with Gasteiger partial charge < -0.3 is 0 Å². The van der Waals surface area contributed by atoms with E-state index < -0.39 is 22.7 Å². The van der Waals surface area contributed by atoms with Crippen LogP contribution in [0.3, 0.4) is 0 Å². The highest BCUT2D eigenvalue weighted by Gasteiger charge is 2.80. The van der Waals surface area contributed by atoms with Crippen LogP contribution in [0.2, 0.25) is 5.02 Å². The average Bonchev–Trinajstić information content (AvgIpc) is 3.37. The number of hydrogen-bond acceptors (Lipinski definition) is 3. The molecule has 186 valence electrons. The maximum Gasteiger partial charge on any atom is 0.239 e. The van der Waals surface area contributed by atoms with E-state index in [0.29, 0.717) is 23.6 Å². The summed E-state index contributed by atoms with van der Waals surface area (Å²) in [5.74, 6) is -2.13. The van der Waals surface area contributed by atoms with Crippen LogP contribution in [0.5, 0.6) is 0 Å². The molecule has 0 unspecified atom stereocenters. The van der Waals surface area contributed by atoms with Gasteiger partial charge in [0.25, 0.3) is 0 Å². The Bertz CT molecular complexity index is 1490. The number of fused-ring (bicyclic) bond motifs is 5. The third-order valence-corrected chi connectivity index (χ3v) is 9.14. The molecule has 3 aliphatic rings. The molecule has 5 heteroatoms. The lowest BCUT2D eigenvalue weighted by atomic mass is 9.61. The number of carbonyl (C=O) groups is 3. The SMILES string of the molecule is CCC[C@@]12C(=O)[C@@](C)(C(c3ccccc3)=C1c1ccccc1)[C@H]1C(=O)N(c3ccc(C)c(Cl)c3)C(=O)[C@H]12. The van der Waals surface area contributed by atoms with Crippen molar-refractivity contribution in [3.8, 4) is 0 Å². The summed E-state index contributed by atoms with van der Waals surface area (Å²) in [6.45, 7) is 5.81. The first-order valence-electron chi connectivity index (χ1n) is 12.8. The number of carbonyl (C=O) groups excluding carboxylic acids is 3. The second-order valence-electron chi connectivity index (χ2n) is 10.6. The number of aryl methyl sites for hydroxylation is 1. The molecule has 1 saturated heterocycles. The van der Waals surface area contributed by atoms with E-state index in [-0.39, 0.29) is 17.6 Å². The maximum atomic E-state index is 14.6. The molecule has 4 nitrogen and oxygen atoms in total. The third kappa shape index (κ3) is 2.93. The Labute approximate surface area is 221 Å². The predicted molar refractivity (Wildman–Crippen MR) is 146 cm³/mol. The summed E-state index contributed by atoms with van der Waals surface area (Å²) < 4.78 is 0. The number of amides is 2. The molecule has 0 radical (unpaired) electrons. The van der Waals surface area contributed by atoms with Crippen molar-refractivity contribution in [2.75, 3.05) is 4.90 Å². The van der Waals surface area contributed by atoms with Crippen LogP contribution in [-0.4, -0.2) is 17.6 Å². The van der Waals surface area contributed by atoms with E-state index in [2.05, 4.69) is 0 Å². The summed E-state index contributed by atoms with van der Waals surface area (Å²) in [4.78, 5) is 44.4. The number of benzene rings is 3. The Morgan fingerprint density at radius 3 is 1.95 bits per heavy atom. The lowest BCUT2D eigenvalue weighted by molar-refractivity contribution is -0.134. The van der Waals surface area contributed by atoms with Crippen molar-refractivity contribution in [3.05, 3.63) is 101 Å². The summed E-state index contributed by atoms with van der Waals surface area (Å²) in [6.07, 6.45) is 1.21. The Balaban J connectivity index is 1.65. The lowest BCUT2D eigenvalue weighted by Gasteiger charge is -2.37. The van der Waals surface area contributed by atoms with E-state index in [9.17, 15) is 14.4 Å². The molecule has 1 heterocycles. The maximum absolute atomic E-state index is 14.6. The van der Waals surface area contributed by atoms with E-state index in [1.165, 1.54) is 4.90 Å². The van der Waals surface area contributed by atoms with Crippen molar-refractivity contribution >= 4 is 46.0 Å². The van der Waals surface area contributed by atoms with Crippen LogP contribution in [0.15, 0.2) is 78.9 Å². The number of halogens is 1. The predicted octanol–water partition coefficient (Wildman–Crippen LogP) is 6.75. The first-order valence-corrected chi connectivity index (χ1v) is 13.2. The Morgan fingerprint density at radius 1 is 0.811 bits per heavy atom. The second-order valence-corrected chi connectivity index (χ2v) is 11.0. The molecule has 2 aliphatic carbocycles. The number of hydrogen-bond donors (Lipinski definition) is 0. The van der Waals surface area contributed by atoms with E-state index in [4.69, 9.17) is 11.6 Å². The molecule has 1 saturated carbocycles. The summed E-state index contributed by atoms with van der Waals surface area (Å²) in [5.41, 5.74) is 2.77. The quantitative estimate of drug-likeness (QED) is 0.357. The molecule has 3 aromatic rings. The summed E-state index contributed by atoms with van der Waals surface area (Å²) in [6, 6.07) is 25.0. The zero-order chi connectivity index (χ0) is 26.1. The fourth-order valence-corrected chi connectivity index (χ4v) is 7.51. The highest BCUT2D eigenvalue weighted by atomic mass is 35.5. The molecule has 0 N–H and O–H groups in total. The van der Waals surface area contributed by atoms with Gasteiger partial charge in [0.1, 0.15) is 0 Å². The van der Waals surface area contributed by atoms with Crippen LogP contribution < -0.4 is 4.90 Å². The molecule has 2 fully saturated rings. The number of anilines is 1. The van der Waals surface area contributed by atoms with Crippen molar-refractivity contribution in [3.63, 3.8) is 0 Å². The Kier molecular flexibility index (Phi) is 5.33. The molecular formula is C32H28ClNO3. The standard InChI is InChI=1S/C32H28ClNO3/c1-4-17-32-25(21-13-9-6-10-14-21)24(20-11-7-5-8-12-20)31(3,30(32)37)26-27(32)29(36)34(28(26)35)22-16-15-19(2)23(33)18-22/h5-16,18,26-27H,4,17H2,1-3H3/t26-,27+,31+,32-/m1/s1. The topological polar surface area (TPSA) is 54.5 Å². The third-order valence-electron chi connectivity index (χ3n) is 8.73. The van der Waals surface area contributed by atoms with Gasteiger partial charge in [-0.25, -0.2) is 4.90 Å². The van der Waals surface area contributed by atoms with Crippen molar-refractivity contribution in [1.29, 1.82) is 0 Å². The minimum absolute atomic E-state index is 0.00200. The number of allylic oxidation sites excluding steroid dienone is 2. The van der Waals surface area contributed by atoms with Gasteiger partial charge in [-0.1, -0.05) is 91.7 Å². The first-order chi connectivity index (χ1) is 17.8. The molecule has 37 heavy (non-hydrogen) atoms. The van der Waals surface area contributed by atoms with Crippen LogP contribution in [0, 0.1) is 29.6 Å². The fourth-order valence-electron chi connectivity index (χ4n) is 7.33. The van der Waals surface area contributed by atoms with E-state index >= 15 is 0 Å². The molecule has 0 spiro atoms. The number of nitrogens with zero attached hydrogens (tertiary/aromatic N) is 1. The molecule has 2 amide bonds. The van der Waals surface area contributed by atoms with Crippen molar-refractivity contribution in [1.82, 2.24) is 0 Å². The van der Waals surface area contributed by atoms with Gasteiger partial charge in [-0.15, -0.1) is 0 Å². The fraction of sp³-hybridized carbons (Fsp3) is 0.281.